The summed E-state index contributed by atoms with van der Waals surface area (Å²) in [5.74, 6) is -6.85. The van der Waals surface area contributed by atoms with Crippen LogP contribution in [0.25, 0.3) is 0 Å². The van der Waals surface area contributed by atoms with Gasteiger partial charge in [0.1, 0.15) is 27.7 Å². The molecule has 0 saturated carbocycles. The second-order valence-electron chi connectivity index (χ2n) is 16.0. The fraction of sp³-hybridized carbons (Fsp3) is 0.356. The van der Waals surface area contributed by atoms with Crippen molar-refractivity contribution in [1.29, 1.82) is 0 Å². The number of benzene rings is 4. The number of halogens is 12. The molecule has 0 fully saturated rings. The predicted octanol–water partition coefficient (Wildman–Crippen LogP) is 9.55. The number of nitrogens with one attached hydrogen (secondary N) is 1. The van der Waals surface area contributed by atoms with E-state index in [9.17, 15) is 56.9 Å². The van der Waals surface area contributed by atoms with Gasteiger partial charge in [-0.2, -0.15) is 0 Å². The molecular formula is C45H58B2F12N3O2PRh+2. The van der Waals surface area contributed by atoms with Gasteiger partial charge in [-0.15, -0.1) is 0 Å². The predicted molar refractivity (Wildman–Crippen MR) is 242 cm³/mol. The summed E-state index contributed by atoms with van der Waals surface area (Å²) in [5, 5.41) is 4.51. The van der Waals surface area contributed by atoms with Gasteiger partial charge < -0.3 is 59.5 Å². The van der Waals surface area contributed by atoms with Crippen molar-refractivity contribution in [3.63, 3.8) is 0 Å². The molecule has 3 atom stereocenters. The summed E-state index contributed by atoms with van der Waals surface area (Å²) in [5.41, 5.74) is 4.19. The van der Waals surface area contributed by atoms with E-state index in [0.717, 1.165) is 0 Å². The minimum absolute atomic E-state index is 0. The van der Waals surface area contributed by atoms with Gasteiger partial charge in [0.15, 0.2) is 23.3 Å². The SMILES string of the molecule is CC(C)=O.C[C@H](c1ccccc1[PH+](c1ccccc1[C@@H](C)N(C)C)c1ccccc1[C@@H](C)[NH+](C)C)N(C)C.F[B-](F)(F)F.F[B-](F)(F)F.Fc1c(F)c(F)c2c(c1F)C1C=CC2C=C1.O.[Rh+2]. The second kappa shape index (κ2) is 27.3. The van der Waals surface area contributed by atoms with Gasteiger partial charge in [0.05, 0.1) is 27.6 Å². The molecule has 5 nitrogen and oxygen atoms in total. The van der Waals surface area contributed by atoms with Crippen molar-refractivity contribution < 1.29 is 86.7 Å². The van der Waals surface area contributed by atoms with Crippen LogP contribution in [0.3, 0.4) is 0 Å². The van der Waals surface area contributed by atoms with E-state index in [4.69, 9.17) is 0 Å². The van der Waals surface area contributed by atoms with Gasteiger partial charge in [-0.05, 0) is 87.1 Å². The van der Waals surface area contributed by atoms with E-state index in [1.165, 1.54) is 51.4 Å². The van der Waals surface area contributed by atoms with E-state index >= 15 is 0 Å². The summed E-state index contributed by atoms with van der Waals surface area (Å²) in [7, 11) is -0.0147. The largest absolute Gasteiger partial charge is 2.00 e. The number of ketones is 1. The van der Waals surface area contributed by atoms with Gasteiger partial charge in [0, 0.05) is 46.2 Å². The Morgan fingerprint density at radius 1 is 0.545 bits per heavy atom. The molecule has 0 heterocycles. The third-order valence-electron chi connectivity index (χ3n) is 10.5. The monoisotopic (exact) mass is 1060 g/mol. The van der Waals surface area contributed by atoms with Gasteiger partial charge >= 0.3 is 34.0 Å². The molecule has 0 unspecified atom stereocenters. The van der Waals surface area contributed by atoms with E-state index in [1.807, 2.05) is 0 Å². The fourth-order valence-corrected chi connectivity index (χ4v) is 10.3. The minimum Gasteiger partial charge on any atom is -0.418 e. The maximum atomic E-state index is 13.5. The van der Waals surface area contributed by atoms with Crippen LogP contribution in [0.4, 0.5) is 52.1 Å². The zero-order valence-corrected chi connectivity index (χ0v) is 41.1. The number of Topliss-reactive ketones (excluding diaryl/α,β-unsaturated/α-hetero) is 1. The standard InChI is InChI=1S/C30H42N3P.C12H6F4.C3H6O.2BF4.H2O.Rh/c1-22(31(4)5)25-16-10-13-19-28(25)34(29-20-14-11-17-26(29)23(2)32(6)7)30-21-15-12-18-27(30)24(3)33(8)9;13-9-7-5-1-2-6(4-3-5)8(7)10(14)12(16)11(9)15;1-3(2)4;2*2-1(3,4)5;;/h10-24H,1-9H3;1-6H;1-2H3;;;1H2;/q;;;2*-1;;+2/p+2/t22-,23-,24-;;;;;;/m1....../s1. The Hall–Kier alpha value is -3.79. The first-order valence-electron chi connectivity index (χ1n) is 20.2. The molecule has 2 bridgehead atoms. The first kappa shape index (κ1) is 62.2. The number of rotatable bonds is 9. The van der Waals surface area contributed by atoms with Gasteiger partial charge in [-0.3, -0.25) is 0 Å². The van der Waals surface area contributed by atoms with Gasteiger partial charge in [-0.1, -0.05) is 72.8 Å². The van der Waals surface area contributed by atoms with Crippen LogP contribution in [0.2, 0.25) is 0 Å². The molecule has 0 amide bonds. The van der Waals surface area contributed by atoms with Crippen LogP contribution in [0, 0.1) is 23.3 Å². The Kier molecular flexibility index (Phi) is 25.7. The molecule has 1 radical (unpaired) electrons. The maximum absolute atomic E-state index is 13.5. The molecule has 21 heteroatoms. The van der Waals surface area contributed by atoms with E-state index in [1.54, 1.807) is 24.3 Å². The molecule has 0 aromatic heterocycles. The Labute approximate surface area is 394 Å². The average molecular weight is 1060 g/mol. The van der Waals surface area contributed by atoms with Crippen LogP contribution in [0.5, 0.6) is 0 Å². The topological polar surface area (TPSA) is 59.5 Å². The zero-order chi connectivity index (χ0) is 49.0. The smallest absolute Gasteiger partial charge is 0.418 e. The number of hydrogen-bond acceptors (Lipinski definition) is 3. The van der Waals surface area contributed by atoms with Crippen molar-refractivity contribution in [1.82, 2.24) is 9.80 Å². The first-order valence-corrected chi connectivity index (χ1v) is 21.7. The summed E-state index contributed by atoms with van der Waals surface area (Å²) in [4.78, 5) is 15.6. The van der Waals surface area contributed by atoms with Crippen LogP contribution in [0.15, 0.2) is 97.1 Å². The van der Waals surface area contributed by atoms with Crippen LogP contribution in [-0.4, -0.2) is 77.9 Å². The normalized spacial score (nSPS) is 15.9. The first-order chi connectivity index (χ1) is 29.5. The number of carbonyl (C=O) groups excluding carboxylic acids is 1. The third-order valence-corrected chi connectivity index (χ3v) is 13.5. The molecule has 0 spiro atoms. The van der Waals surface area contributed by atoms with E-state index < -0.39 is 57.5 Å². The summed E-state index contributed by atoms with van der Waals surface area (Å²) in [6.07, 6.45) is 6.64. The summed E-state index contributed by atoms with van der Waals surface area (Å²) in [6, 6.07) is 28.6. The van der Waals surface area contributed by atoms with Crippen molar-refractivity contribution >= 4 is 44.1 Å². The van der Waals surface area contributed by atoms with Crippen molar-refractivity contribution in [2.45, 2.75) is 64.6 Å². The van der Waals surface area contributed by atoms with Crippen LogP contribution < -0.4 is 20.8 Å². The van der Waals surface area contributed by atoms with Crippen molar-refractivity contribution in [3.05, 3.63) is 148 Å². The van der Waals surface area contributed by atoms with Crippen molar-refractivity contribution in [2.75, 3.05) is 42.3 Å². The molecule has 367 valence electrons. The maximum Gasteiger partial charge on any atom is 2.00 e. The number of nitrogens with zero attached hydrogens (tertiary/aromatic N) is 2. The Morgan fingerprint density at radius 3 is 1.05 bits per heavy atom. The molecule has 66 heavy (non-hydrogen) atoms. The summed E-state index contributed by atoms with van der Waals surface area (Å²) < 4.78 is 131. The molecule has 0 aliphatic heterocycles. The summed E-state index contributed by atoms with van der Waals surface area (Å²) in [6.45, 7) is 10.1. The van der Waals surface area contributed by atoms with E-state index in [-0.39, 0.29) is 41.9 Å². The van der Waals surface area contributed by atoms with Crippen LogP contribution >= 0.6 is 7.92 Å². The molecule has 0 saturated heterocycles. The minimum atomic E-state index is -6.00. The molecule has 7 rings (SSSR count). The second-order valence-corrected chi connectivity index (χ2v) is 18.4. The van der Waals surface area contributed by atoms with E-state index in [0.29, 0.717) is 18.1 Å². The number of hydrogen-bond donors (Lipinski definition) is 1. The molecule has 4 aromatic rings. The number of quaternary nitrogens is 1. The number of carbonyl (C=O) groups is 1. The molecule has 3 N–H and O–H groups in total. The van der Waals surface area contributed by atoms with Gasteiger partial charge in [0.2, 0.25) is 0 Å². The Balaban J connectivity index is 0.00000108. The summed E-state index contributed by atoms with van der Waals surface area (Å²) >= 11 is 0. The average Bonchev–Trinajstić information content (AvgIpc) is 3.20. The quantitative estimate of drug-likeness (QED) is 0.0454. The fourth-order valence-electron chi connectivity index (χ4n) is 6.89. The van der Waals surface area contributed by atoms with Gasteiger partial charge in [0.25, 0.3) is 0 Å². The zero-order valence-electron chi connectivity index (χ0n) is 38.5. The molecule has 3 aliphatic carbocycles. The Bertz CT molecular complexity index is 2000. The molecule has 4 aromatic carbocycles. The van der Waals surface area contributed by atoms with Crippen molar-refractivity contribution in [2.24, 2.45) is 0 Å². The van der Waals surface area contributed by atoms with Crippen LogP contribution in [-0.2, 0) is 24.3 Å². The third kappa shape index (κ3) is 18.4. The number of allylic oxidation sites excluding steroid dienone is 4. The van der Waals surface area contributed by atoms with E-state index in [2.05, 4.69) is 146 Å². The van der Waals surface area contributed by atoms with Gasteiger partial charge in [-0.25, -0.2) is 17.6 Å². The van der Waals surface area contributed by atoms with Crippen molar-refractivity contribution in [3.8, 4) is 0 Å². The van der Waals surface area contributed by atoms with Crippen LogP contribution in [0.1, 0.15) is 92.4 Å². The Morgan fingerprint density at radius 2 is 0.788 bits per heavy atom. The molecular weight excluding hydrogens is 998 g/mol. The molecule has 3 aliphatic rings.